The molecule has 2 aromatic carbocycles. The summed E-state index contributed by atoms with van der Waals surface area (Å²) in [6.07, 6.45) is 1.86. The molecule has 0 saturated carbocycles. The minimum atomic E-state index is -0.178. The molecule has 0 fully saturated rings. The molecule has 3 aromatic rings. The normalized spacial score (nSPS) is 11.0. The Morgan fingerprint density at radius 1 is 1.17 bits per heavy atom. The van der Waals surface area contributed by atoms with Gasteiger partial charge in [-0.1, -0.05) is 47.7 Å². The summed E-state index contributed by atoms with van der Waals surface area (Å²) in [5.74, 6) is -0.0815. The highest BCUT2D eigenvalue weighted by Gasteiger charge is 2.15. The van der Waals surface area contributed by atoms with E-state index < -0.39 is 0 Å². The Labute approximate surface area is 144 Å². The molecule has 5 heteroatoms. The molecular formula is C19H18N2O2S. The zero-order chi connectivity index (χ0) is 17.3. The highest BCUT2D eigenvalue weighted by Crippen LogP contribution is 2.17. The van der Waals surface area contributed by atoms with Crippen LogP contribution in [0.25, 0.3) is 10.9 Å². The van der Waals surface area contributed by atoms with Crippen molar-refractivity contribution < 1.29 is 4.79 Å². The Morgan fingerprint density at radius 2 is 1.92 bits per heavy atom. The number of aromatic nitrogens is 2. The smallest absolute Gasteiger partial charge is 0.262 e. The van der Waals surface area contributed by atoms with E-state index in [1.54, 1.807) is 12.1 Å². The van der Waals surface area contributed by atoms with Crippen molar-refractivity contribution in [3.8, 4) is 0 Å². The molecule has 24 heavy (non-hydrogen) atoms. The predicted octanol–water partition coefficient (Wildman–Crippen LogP) is 3.62. The second-order valence-electron chi connectivity index (χ2n) is 5.75. The summed E-state index contributed by atoms with van der Waals surface area (Å²) in [6.45, 7) is 3.90. The van der Waals surface area contributed by atoms with Crippen molar-refractivity contribution in [3.05, 3.63) is 69.5 Å². The second kappa shape index (κ2) is 6.61. The largest absolute Gasteiger partial charge is 0.292 e. The van der Waals surface area contributed by atoms with Gasteiger partial charge in [-0.15, -0.1) is 0 Å². The molecule has 0 N–H and O–H groups in total. The van der Waals surface area contributed by atoms with Crippen LogP contribution in [0.1, 0.15) is 21.5 Å². The standard InChI is InChI=1S/C19H18N2O2S/c1-12-8-9-14(13(2)10-12)17(22)11-21-18(23)15-6-4-5-7-16(15)20-19(21)24-3/h4-10H,11H2,1-3H3. The van der Waals surface area contributed by atoms with E-state index in [0.29, 0.717) is 21.6 Å². The number of para-hydroxylation sites is 1. The number of carbonyl (C=O) groups excluding carboxylic acids is 1. The van der Waals surface area contributed by atoms with Gasteiger partial charge in [0.25, 0.3) is 5.56 Å². The van der Waals surface area contributed by atoms with Crippen molar-refractivity contribution in [3.63, 3.8) is 0 Å². The number of nitrogens with zero attached hydrogens (tertiary/aromatic N) is 2. The van der Waals surface area contributed by atoms with Crippen molar-refractivity contribution in [2.24, 2.45) is 0 Å². The summed E-state index contributed by atoms with van der Waals surface area (Å²) in [4.78, 5) is 30.0. The maximum atomic E-state index is 12.8. The monoisotopic (exact) mass is 338 g/mol. The van der Waals surface area contributed by atoms with Crippen LogP contribution in [0.4, 0.5) is 0 Å². The van der Waals surface area contributed by atoms with Gasteiger partial charge < -0.3 is 0 Å². The molecule has 0 bridgehead atoms. The second-order valence-corrected chi connectivity index (χ2v) is 6.52. The van der Waals surface area contributed by atoms with Crippen LogP contribution >= 0.6 is 11.8 Å². The van der Waals surface area contributed by atoms with E-state index in [-0.39, 0.29) is 17.9 Å². The van der Waals surface area contributed by atoms with E-state index in [2.05, 4.69) is 4.98 Å². The fourth-order valence-electron chi connectivity index (χ4n) is 2.80. The first-order valence-corrected chi connectivity index (χ1v) is 8.87. The predicted molar refractivity (Wildman–Crippen MR) is 98.0 cm³/mol. The van der Waals surface area contributed by atoms with Crippen LogP contribution in [0.15, 0.2) is 52.4 Å². The van der Waals surface area contributed by atoms with Crippen LogP contribution in [-0.2, 0) is 6.54 Å². The average Bonchev–Trinajstić information content (AvgIpc) is 2.57. The Hall–Kier alpha value is -2.40. The number of ketones is 1. The van der Waals surface area contributed by atoms with Crippen molar-refractivity contribution in [1.29, 1.82) is 0 Å². The van der Waals surface area contributed by atoms with E-state index in [0.717, 1.165) is 11.1 Å². The van der Waals surface area contributed by atoms with Gasteiger partial charge in [-0.25, -0.2) is 4.98 Å². The lowest BCUT2D eigenvalue weighted by atomic mass is 10.0. The summed E-state index contributed by atoms with van der Waals surface area (Å²) >= 11 is 1.37. The Bertz CT molecular complexity index is 992. The maximum absolute atomic E-state index is 12.8. The zero-order valence-electron chi connectivity index (χ0n) is 13.9. The zero-order valence-corrected chi connectivity index (χ0v) is 14.7. The van der Waals surface area contributed by atoms with Crippen molar-refractivity contribution in [2.75, 3.05) is 6.26 Å². The lowest BCUT2D eigenvalue weighted by Crippen LogP contribution is -2.27. The molecule has 0 spiro atoms. The third kappa shape index (κ3) is 2.99. The number of aryl methyl sites for hydroxylation is 2. The molecule has 0 aliphatic carbocycles. The van der Waals surface area contributed by atoms with Gasteiger partial charge in [0.1, 0.15) is 0 Å². The molecule has 0 atom stereocenters. The highest BCUT2D eigenvalue weighted by molar-refractivity contribution is 7.98. The summed E-state index contributed by atoms with van der Waals surface area (Å²) in [5.41, 5.74) is 3.16. The van der Waals surface area contributed by atoms with E-state index >= 15 is 0 Å². The molecule has 0 amide bonds. The Balaban J connectivity index is 2.07. The van der Waals surface area contributed by atoms with E-state index in [4.69, 9.17) is 0 Å². The number of thioether (sulfide) groups is 1. The first-order chi connectivity index (χ1) is 11.5. The number of Topliss-reactive ketones (excluding diaryl/α,β-unsaturated/α-hetero) is 1. The maximum Gasteiger partial charge on any atom is 0.262 e. The summed E-state index contributed by atoms with van der Waals surface area (Å²) in [5, 5.41) is 1.08. The van der Waals surface area contributed by atoms with Crippen LogP contribution in [-0.4, -0.2) is 21.6 Å². The molecule has 0 saturated heterocycles. The number of fused-ring (bicyclic) bond motifs is 1. The van der Waals surface area contributed by atoms with Gasteiger partial charge in [-0.2, -0.15) is 0 Å². The van der Waals surface area contributed by atoms with Crippen LogP contribution in [0, 0.1) is 13.8 Å². The minimum Gasteiger partial charge on any atom is -0.292 e. The first-order valence-electron chi connectivity index (χ1n) is 7.65. The SMILES string of the molecule is CSc1nc2ccccc2c(=O)n1CC(=O)c1ccc(C)cc1C. The third-order valence-corrected chi connectivity index (χ3v) is 4.67. The lowest BCUT2D eigenvalue weighted by molar-refractivity contribution is 0.0966. The van der Waals surface area contributed by atoms with Gasteiger partial charge in [-0.3, -0.25) is 14.2 Å². The molecule has 0 aliphatic rings. The Kier molecular flexibility index (Phi) is 4.53. The molecular weight excluding hydrogens is 320 g/mol. The van der Waals surface area contributed by atoms with Crippen LogP contribution < -0.4 is 5.56 Å². The van der Waals surface area contributed by atoms with Crippen molar-refractivity contribution >= 4 is 28.4 Å². The topological polar surface area (TPSA) is 52.0 Å². The number of benzene rings is 2. The van der Waals surface area contributed by atoms with Crippen molar-refractivity contribution in [2.45, 2.75) is 25.5 Å². The fourth-order valence-corrected chi connectivity index (χ4v) is 3.36. The molecule has 122 valence electrons. The van der Waals surface area contributed by atoms with E-state index in [9.17, 15) is 9.59 Å². The minimum absolute atomic E-state index is 0.00323. The van der Waals surface area contributed by atoms with Gasteiger partial charge in [0.05, 0.1) is 17.4 Å². The lowest BCUT2D eigenvalue weighted by Gasteiger charge is -2.12. The number of rotatable bonds is 4. The van der Waals surface area contributed by atoms with Gasteiger partial charge in [0.2, 0.25) is 0 Å². The quantitative estimate of drug-likeness (QED) is 0.414. The summed E-state index contributed by atoms with van der Waals surface area (Å²) in [6, 6.07) is 12.9. The van der Waals surface area contributed by atoms with Gasteiger partial charge in [0.15, 0.2) is 10.9 Å². The summed E-state index contributed by atoms with van der Waals surface area (Å²) < 4.78 is 1.47. The number of hydrogen-bond acceptors (Lipinski definition) is 4. The first kappa shape index (κ1) is 16.5. The molecule has 3 rings (SSSR count). The molecule has 0 unspecified atom stereocenters. The fraction of sp³-hybridized carbons (Fsp3) is 0.211. The van der Waals surface area contributed by atoms with Crippen molar-refractivity contribution in [1.82, 2.24) is 9.55 Å². The van der Waals surface area contributed by atoms with Gasteiger partial charge in [0, 0.05) is 5.56 Å². The molecule has 4 nitrogen and oxygen atoms in total. The molecule has 1 aromatic heterocycles. The van der Waals surface area contributed by atoms with Crippen LogP contribution in [0.5, 0.6) is 0 Å². The molecule has 0 radical (unpaired) electrons. The number of hydrogen-bond donors (Lipinski definition) is 0. The highest BCUT2D eigenvalue weighted by atomic mass is 32.2. The van der Waals surface area contributed by atoms with Gasteiger partial charge >= 0.3 is 0 Å². The molecule has 0 aliphatic heterocycles. The molecule has 1 heterocycles. The summed E-state index contributed by atoms with van der Waals surface area (Å²) in [7, 11) is 0. The third-order valence-electron chi connectivity index (χ3n) is 3.99. The van der Waals surface area contributed by atoms with Crippen LogP contribution in [0.2, 0.25) is 0 Å². The van der Waals surface area contributed by atoms with E-state index in [1.165, 1.54) is 16.3 Å². The Morgan fingerprint density at radius 3 is 2.62 bits per heavy atom. The number of carbonyl (C=O) groups is 1. The van der Waals surface area contributed by atoms with Crippen LogP contribution in [0.3, 0.4) is 0 Å². The van der Waals surface area contributed by atoms with Gasteiger partial charge in [-0.05, 0) is 37.8 Å². The van der Waals surface area contributed by atoms with E-state index in [1.807, 2.05) is 50.4 Å². The average molecular weight is 338 g/mol.